The van der Waals surface area contributed by atoms with Gasteiger partial charge in [-0.25, -0.2) is 0 Å². The van der Waals surface area contributed by atoms with E-state index in [1.165, 1.54) is 0 Å². The zero-order chi connectivity index (χ0) is 26.9. The lowest BCUT2D eigenvalue weighted by Gasteiger charge is -2.23. The third kappa shape index (κ3) is 7.34. The maximum absolute atomic E-state index is 13.0. The summed E-state index contributed by atoms with van der Waals surface area (Å²) in [6.45, 7) is 0.459. The number of hydrogen-bond acceptors (Lipinski definition) is 6. The molecule has 0 bridgehead atoms. The van der Waals surface area contributed by atoms with Crippen molar-refractivity contribution in [1.82, 2.24) is 10.6 Å². The van der Waals surface area contributed by atoms with Crippen molar-refractivity contribution in [1.29, 1.82) is 0 Å². The minimum absolute atomic E-state index is 0.00785. The van der Waals surface area contributed by atoms with E-state index in [1.807, 2.05) is 66.7 Å². The number of anilines is 1. The topological polar surface area (TPSA) is 125 Å². The number of aliphatic hydroxyl groups excluding tert-OH is 1. The van der Waals surface area contributed by atoms with Crippen LogP contribution in [0.25, 0.3) is 10.8 Å². The van der Waals surface area contributed by atoms with E-state index in [4.69, 9.17) is 5.73 Å². The summed E-state index contributed by atoms with van der Waals surface area (Å²) in [5.41, 5.74) is 7.25. The lowest BCUT2D eigenvalue weighted by molar-refractivity contribution is -0.129. The molecule has 0 spiro atoms. The summed E-state index contributed by atoms with van der Waals surface area (Å²) in [5, 5.41) is 17.5. The maximum atomic E-state index is 13.0. The van der Waals surface area contributed by atoms with Gasteiger partial charge in [0.05, 0.1) is 11.8 Å². The van der Waals surface area contributed by atoms with Crippen LogP contribution in [-0.2, 0) is 20.8 Å². The highest BCUT2D eigenvalue weighted by atomic mass is 32.2. The summed E-state index contributed by atoms with van der Waals surface area (Å²) in [6, 6.07) is 20.9. The number of fused-ring (bicyclic) bond motifs is 2. The molecule has 5 N–H and O–H groups in total. The van der Waals surface area contributed by atoms with E-state index >= 15 is 0 Å². The summed E-state index contributed by atoms with van der Waals surface area (Å²) in [7, 11) is 0. The number of carbonyl (C=O) groups excluding carboxylic acids is 3. The minimum atomic E-state index is -0.858. The molecule has 38 heavy (non-hydrogen) atoms. The molecule has 200 valence electrons. The van der Waals surface area contributed by atoms with E-state index in [0.29, 0.717) is 25.8 Å². The molecule has 0 radical (unpaired) electrons. The van der Waals surface area contributed by atoms with E-state index in [-0.39, 0.29) is 37.2 Å². The molecule has 1 heterocycles. The molecule has 8 nitrogen and oxygen atoms in total. The Balaban J connectivity index is 1.40. The lowest BCUT2D eigenvalue weighted by atomic mass is 10.0. The van der Waals surface area contributed by atoms with Gasteiger partial charge in [0.2, 0.25) is 17.7 Å². The summed E-state index contributed by atoms with van der Waals surface area (Å²) in [5.74, 6) is 0.134. The van der Waals surface area contributed by atoms with Gasteiger partial charge in [0, 0.05) is 49.5 Å². The molecule has 4 rings (SSSR count). The Bertz CT molecular complexity index is 1280. The number of carbonyl (C=O) groups is 3. The average molecular weight is 535 g/mol. The zero-order valence-electron chi connectivity index (χ0n) is 21.3. The van der Waals surface area contributed by atoms with Crippen molar-refractivity contribution >= 4 is 45.9 Å². The smallest absolute Gasteiger partial charge is 0.243 e. The molecule has 3 amide bonds. The van der Waals surface area contributed by atoms with E-state index < -0.39 is 12.1 Å². The predicted molar refractivity (Wildman–Crippen MR) is 151 cm³/mol. The maximum Gasteiger partial charge on any atom is 0.243 e. The van der Waals surface area contributed by atoms with Gasteiger partial charge in [-0.05, 0) is 34.9 Å². The molecule has 0 aliphatic carbocycles. The van der Waals surface area contributed by atoms with Crippen LogP contribution in [0.15, 0.2) is 71.6 Å². The van der Waals surface area contributed by atoms with Crippen molar-refractivity contribution in [2.24, 2.45) is 5.73 Å². The minimum Gasteiger partial charge on any atom is -0.390 e. The Labute approximate surface area is 227 Å². The quantitative estimate of drug-likeness (QED) is 0.300. The van der Waals surface area contributed by atoms with Crippen LogP contribution < -0.4 is 21.3 Å². The van der Waals surface area contributed by atoms with Crippen molar-refractivity contribution in [2.45, 2.75) is 42.7 Å². The molecule has 3 aromatic carbocycles. The Kier molecular flexibility index (Phi) is 9.75. The van der Waals surface area contributed by atoms with E-state index in [0.717, 1.165) is 32.7 Å². The largest absolute Gasteiger partial charge is 0.390 e. The molecule has 1 unspecified atom stereocenters. The van der Waals surface area contributed by atoms with E-state index in [9.17, 15) is 19.5 Å². The Morgan fingerprint density at radius 3 is 2.63 bits per heavy atom. The van der Waals surface area contributed by atoms with Gasteiger partial charge < -0.3 is 26.4 Å². The number of nitrogens with two attached hydrogens (primary N) is 1. The van der Waals surface area contributed by atoms with Crippen LogP contribution in [0, 0.1) is 0 Å². The number of thioether (sulfide) groups is 1. The second-order valence-electron chi connectivity index (χ2n) is 9.36. The van der Waals surface area contributed by atoms with Gasteiger partial charge >= 0.3 is 0 Å². The van der Waals surface area contributed by atoms with Gasteiger partial charge in [-0.3, -0.25) is 14.4 Å². The highest BCUT2D eigenvalue weighted by Crippen LogP contribution is 2.34. The van der Waals surface area contributed by atoms with Crippen molar-refractivity contribution in [2.75, 3.05) is 30.3 Å². The van der Waals surface area contributed by atoms with Crippen molar-refractivity contribution in [3.8, 4) is 0 Å². The number of benzene rings is 3. The van der Waals surface area contributed by atoms with Crippen molar-refractivity contribution in [3.05, 3.63) is 72.3 Å². The molecule has 9 heteroatoms. The second-order valence-corrected chi connectivity index (χ2v) is 10.5. The molecule has 1 aliphatic heterocycles. The van der Waals surface area contributed by atoms with Crippen LogP contribution in [0.3, 0.4) is 0 Å². The molecule has 3 aromatic rings. The number of amides is 3. The third-order valence-corrected chi connectivity index (χ3v) is 7.57. The summed E-state index contributed by atoms with van der Waals surface area (Å²) < 4.78 is 0. The molecular weight excluding hydrogens is 500 g/mol. The van der Waals surface area contributed by atoms with Gasteiger partial charge in [0.1, 0.15) is 6.04 Å². The first-order valence-electron chi connectivity index (χ1n) is 12.9. The number of para-hydroxylation sites is 1. The Morgan fingerprint density at radius 2 is 1.82 bits per heavy atom. The Hall–Kier alpha value is -3.40. The molecule has 0 saturated heterocycles. The summed E-state index contributed by atoms with van der Waals surface area (Å²) in [6.07, 6.45) is 0.534. The first-order valence-corrected chi connectivity index (χ1v) is 13.9. The first-order chi connectivity index (χ1) is 18.4. The lowest BCUT2D eigenvalue weighted by Crippen LogP contribution is -2.50. The molecule has 0 aromatic heterocycles. The summed E-state index contributed by atoms with van der Waals surface area (Å²) in [4.78, 5) is 41.4. The molecule has 0 saturated carbocycles. The van der Waals surface area contributed by atoms with Crippen LogP contribution in [0.2, 0.25) is 0 Å². The fraction of sp³-hybridized carbons (Fsp3) is 0.345. The van der Waals surface area contributed by atoms with Gasteiger partial charge in [-0.2, -0.15) is 0 Å². The first kappa shape index (κ1) is 27.6. The molecule has 0 fully saturated rings. The fourth-order valence-electron chi connectivity index (χ4n) is 4.46. The second kappa shape index (κ2) is 13.4. The van der Waals surface area contributed by atoms with Crippen LogP contribution in [0.4, 0.5) is 5.69 Å². The number of nitrogens with zero attached hydrogens (tertiary/aromatic N) is 1. The number of rotatable bonds is 11. The standard InChI is InChI=1S/C29H34N4O4S/c30-18-23(34)19-31-29(37)24(17-20-11-12-21-6-1-2-7-22(21)16-20)32-27(35)10-5-14-33-25-8-3-4-9-26(25)38-15-13-28(33)36/h1-4,6-9,11-12,16,23-24,34H,5,10,13-15,17-19,30H2,(H,31,37)(H,32,35)/t23?,24-/m0/s1. The van der Waals surface area contributed by atoms with E-state index in [1.54, 1.807) is 16.7 Å². The van der Waals surface area contributed by atoms with Gasteiger partial charge in [0.25, 0.3) is 0 Å². The number of aliphatic hydroxyl groups is 1. The highest BCUT2D eigenvalue weighted by Gasteiger charge is 2.24. The van der Waals surface area contributed by atoms with Crippen LogP contribution >= 0.6 is 11.8 Å². The van der Waals surface area contributed by atoms with Gasteiger partial charge in [-0.15, -0.1) is 11.8 Å². The SMILES string of the molecule is NCC(O)CNC(=O)[C@H](Cc1ccc2ccccc2c1)NC(=O)CCCN1C(=O)CCSc2ccccc21. The van der Waals surface area contributed by atoms with Gasteiger partial charge in [0.15, 0.2) is 0 Å². The monoisotopic (exact) mass is 534 g/mol. The van der Waals surface area contributed by atoms with Crippen molar-refractivity contribution < 1.29 is 19.5 Å². The van der Waals surface area contributed by atoms with Crippen LogP contribution in [0.5, 0.6) is 0 Å². The van der Waals surface area contributed by atoms with Crippen LogP contribution in [-0.4, -0.2) is 60.4 Å². The molecule has 2 atom stereocenters. The van der Waals surface area contributed by atoms with Crippen LogP contribution in [0.1, 0.15) is 24.8 Å². The molecular formula is C29H34N4O4S. The fourth-order valence-corrected chi connectivity index (χ4v) is 5.46. The number of nitrogens with one attached hydrogen (secondary N) is 2. The van der Waals surface area contributed by atoms with Crippen molar-refractivity contribution in [3.63, 3.8) is 0 Å². The highest BCUT2D eigenvalue weighted by molar-refractivity contribution is 7.99. The average Bonchev–Trinajstić information content (AvgIpc) is 3.09. The normalized spacial score (nSPS) is 14.9. The third-order valence-electron chi connectivity index (χ3n) is 6.51. The Morgan fingerprint density at radius 1 is 1.05 bits per heavy atom. The number of hydrogen-bond donors (Lipinski definition) is 4. The zero-order valence-corrected chi connectivity index (χ0v) is 22.1. The van der Waals surface area contributed by atoms with Gasteiger partial charge in [-0.1, -0.05) is 54.6 Å². The van der Waals surface area contributed by atoms with E-state index in [2.05, 4.69) is 10.6 Å². The molecule has 1 aliphatic rings. The summed E-state index contributed by atoms with van der Waals surface area (Å²) >= 11 is 1.67. The predicted octanol–water partition coefficient (Wildman–Crippen LogP) is 2.61.